The van der Waals surface area contributed by atoms with Gasteiger partial charge in [-0.1, -0.05) is 46.0 Å². The summed E-state index contributed by atoms with van der Waals surface area (Å²) in [5.41, 5.74) is 2.36. The smallest absolute Gasteiger partial charge is 0.269 e. The summed E-state index contributed by atoms with van der Waals surface area (Å²) >= 11 is 18.4. The fraction of sp³-hybridized carbons (Fsp3) is 0.190. The molecule has 7 nitrogen and oxygen atoms in total. The third-order valence-corrected chi connectivity index (χ3v) is 5.55. The fourth-order valence-electron chi connectivity index (χ4n) is 3.06. The number of hydrogen-bond acceptors (Lipinski definition) is 5. The monoisotopic (exact) mass is 478 g/mol. The van der Waals surface area contributed by atoms with Crippen LogP contribution in [0.25, 0.3) is 0 Å². The molecule has 3 aromatic rings. The number of anilines is 1. The summed E-state index contributed by atoms with van der Waals surface area (Å²) in [6.07, 6.45) is 1.16. The standard InChI is InChI=1S/C21H17Cl3N4O3/c1-30-15-6-3-12(4-7-15)18-9-19(31-27-18)21(29)25-20-17(24)11-28(26-20)10-13-2-5-14(22)8-16(13)23/h2-8,11,19H,9-10H2,1H3,(H,25,26,29). The number of ether oxygens (including phenoxy) is 1. The van der Waals surface area contributed by atoms with Crippen LogP contribution in [0, 0.1) is 0 Å². The maximum Gasteiger partial charge on any atom is 0.269 e. The minimum atomic E-state index is -0.774. The van der Waals surface area contributed by atoms with Crippen LogP contribution in [-0.4, -0.2) is 34.6 Å². The van der Waals surface area contributed by atoms with E-state index in [2.05, 4.69) is 15.6 Å². The Morgan fingerprint density at radius 2 is 1.97 bits per heavy atom. The topological polar surface area (TPSA) is 77.7 Å². The van der Waals surface area contributed by atoms with Gasteiger partial charge in [0.15, 0.2) is 5.82 Å². The number of carbonyl (C=O) groups is 1. The van der Waals surface area contributed by atoms with Gasteiger partial charge in [-0.2, -0.15) is 5.10 Å². The van der Waals surface area contributed by atoms with Gasteiger partial charge in [-0.25, -0.2) is 0 Å². The molecule has 1 aromatic heterocycles. The lowest BCUT2D eigenvalue weighted by Crippen LogP contribution is -2.28. The predicted molar refractivity (Wildman–Crippen MR) is 120 cm³/mol. The van der Waals surface area contributed by atoms with Crippen molar-refractivity contribution in [2.45, 2.75) is 19.1 Å². The largest absolute Gasteiger partial charge is 0.497 e. The molecule has 1 aliphatic heterocycles. The van der Waals surface area contributed by atoms with Crippen molar-refractivity contribution < 1.29 is 14.4 Å². The number of amides is 1. The summed E-state index contributed by atoms with van der Waals surface area (Å²) in [5, 5.41) is 12.4. The Hall–Kier alpha value is -2.74. The molecule has 2 aromatic carbocycles. The number of nitrogens with one attached hydrogen (secondary N) is 1. The molecule has 1 atom stereocenters. The van der Waals surface area contributed by atoms with Gasteiger partial charge in [-0.15, -0.1) is 0 Å². The number of methoxy groups -OCH3 is 1. The minimum absolute atomic E-state index is 0.234. The third-order valence-electron chi connectivity index (χ3n) is 4.69. The van der Waals surface area contributed by atoms with Crippen LogP contribution in [0.5, 0.6) is 5.75 Å². The van der Waals surface area contributed by atoms with E-state index in [1.165, 1.54) is 0 Å². The molecule has 1 N–H and O–H groups in total. The van der Waals surface area contributed by atoms with Gasteiger partial charge in [-0.3, -0.25) is 9.48 Å². The molecule has 4 rings (SSSR count). The first kappa shape index (κ1) is 21.5. The normalized spacial score (nSPS) is 15.4. The van der Waals surface area contributed by atoms with Crippen molar-refractivity contribution in [3.05, 3.63) is 74.9 Å². The Morgan fingerprint density at radius 1 is 1.19 bits per heavy atom. The number of benzene rings is 2. The molecule has 160 valence electrons. The van der Waals surface area contributed by atoms with E-state index in [9.17, 15) is 4.79 Å². The molecule has 0 fully saturated rings. The third kappa shape index (κ3) is 4.95. The number of carbonyl (C=O) groups excluding carboxylic acids is 1. The average Bonchev–Trinajstić information content (AvgIpc) is 3.37. The van der Waals surface area contributed by atoms with Crippen LogP contribution < -0.4 is 10.1 Å². The number of nitrogens with zero attached hydrogens (tertiary/aromatic N) is 3. The summed E-state index contributed by atoms with van der Waals surface area (Å²) in [6.45, 7) is 0.371. The Bertz CT molecular complexity index is 1150. The highest BCUT2D eigenvalue weighted by molar-refractivity contribution is 6.35. The molecule has 1 aliphatic rings. The van der Waals surface area contributed by atoms with Gasteiger partial charge in [0.25, 0.3) is 5.91 Å². The van der Waals surface area contributed by atoms with E-state index in [1.54, 1.807) is 30.1 Å². The first-order valence-corrected chi connectivity index (χ1v) is 10.4. The van der Waals surface area contributed by atoms with E-state index in [0.29, 0.717) is 33.7 Å². The SMILES string of the molecule is COc1ccc(C2=NOC(C(=O)Nc3nn(Cc4ccc(Cl)cc4Cl)cc3Cl)C2)cc1. The van der Waals surface area contributed by atoms with E-state index < -0.39 is 6.10 Å². The van der Waals surface area contributed by atoms with Crippen molar-refractivity contribution in [3.63, 3.8) is 0 Å². The first-order valence-electron chi connectivity index (χ1n) is 9.28. The summed E-state index contributed by atoms with van der Waals surface area (Å²) in [5.74, 6) is 0.588. The van der Waals surface area contributed by atoms with Gasteiger partial charge >= 0.3 is 0 Å². The lowest BCUT2D eigenvalue weighted by atomic mass is 10.0. The zero-order chi connectivity index (χ0) is 22.0. The quantitative estimate of drug-likeness (QED) is 0.538. The lowest BCUT2D eigenvalue weighted by Gasteiger charge is -2.08. The van der Waals surface area contributed by atoms with Crippen molar-refractivity contribution in [1.82, 2.24) is 9.78 Å². The molecule has 0 saturated carbocycles. The first-order chi connectivity index (χ1) is 14.9. The second-order valence-electron chi connectivity index (χ2n) is 6.81. The van der Waals surface area contributed by atoms with Crippen LogP contribution in [0.3, 0.4) is 0 Å². The van der Waals surface area contributed by atoms with Gasteiger partial charge < -0.3 is 14.9 Å². The van der Waals surface area contributed by atoms with E-state index in [-0.39, 0.29) is 11.7 Å². The molecule has 1 amide bonds. The van der Waals surface area contributed by atoms with Crippen molar-refractivity contribution in [2.75, 3.05) is 12.4 Å². The zero-order valence-electron chi connectivity index (χ0n) is 16.3. The van der Waals surface area contributed by atoms with Crippen LogP contribution in [0.2, 0.25) is 15.1 Å². The maximum absolute atomic E-state index is 12.6. The summed E-state index contributed by atoms with van der Waals surface area (Å²) in [6, 6.07) is 12.6. The highest BCUT2D eigenvalue weighted by atomic mass is 35.5. The molecule has 1 unspecified atom stereocenters. The van der Waals surface area contributed by atoms with Crippen molar-refractivity contribution >= 4 is 52.2 Å². The number of aromatic nitrogens is 2. The molecular formula is C21H17Cl3N4O3. The number of hydrogen-bond donors (Lipinski definition) is 1. The van der Waals surface area contributed by atoms with Crippen LogP contribution in [-0.2, 0) is 16.2 Å². The Morgan fingerprint density at radius 3 is 2.68 bits per heavy atom. The molecule has 0 radical (unpaired) electrons. The Balaban J connectivity index is 1.39. The maximum atomic E-state index is 12.6. The fourth-order valence-corrected chi connectivity index (χ4v) is 3.72. The van der Waals surface area contributed by atoms with Crippen LogP contribution >= 0.6 is 34.8 Å². The molecular weight excluding hydrogens is 463 g/mol. The Labute approximate surface area is 193 Å². The van der Waals surface area contributed by atoms with Crippen LogP contribution in [0.4, 0.5) is 5.82 Å². The number of halogens is 3. The van der Waals surface area contributed by atoms with E-state index in [1.807, 2.05) is 30.3 Å². The summed E-state index contributed by atoms with van der Waals surface area (Å²) in [4.78, 5) is 17.9. The zero-order valence-corrected chi connectivity index (χ0v) is 18.6. The molecule has 0 saturated heterocycles. The summed E-state index contributed by atoms with van der Waals surface area (Å²) in [7, 11) is 1.60. The van der Waals surface area contributed by atoms with Gasteiger partial charge in [0, 0.05) is 22.7 Å². The number of oxime groups is 1. The molecule has 0 bridgehead atoms. The molecule has 10 heteroatoms. The highest BCUT2D eigenvalue weighted by Crippen LogP contribution is 2.25. The number of rotatable bonds is 6. The van der Waals surface area contributed by atoms with E-state index >= 15 is 0 Å². The van der Waals surface area contributed by atoms with Crippen molar-refractivity contribution in [3.8, 4) is 5.75 Å². The summed E-state index contributed by atoms with van der Waals surface area (Å²) < 4.78 is 6.74. The average molecular weight is 480 g/mol. The lowest BCUT2D eigenvalue weighted by molar-refractivity contribution is -0.125. The molecule has 0 aliphatic carbocycles. The van der Waals surface area contributed by atoms with Crippen molar-refractivity contribution in [2.24, 2.45) is 5.16 Å². The minimum Gasteiger partial charge on any atom is -0.497 e. The van der Waals surface area contributed by atoms with Gasteiger partial charge in [0.05, 0.1) is 19.4 Å². The molecule has 31 heavy (non-hydrogen) atoms. The van der Waals surface area contributed by atoms with Crippen LogP contribution in [0.15, 0.2) is 53.8 Å². The van der Waals surface area contributed by atoms with E-state index in [0.717, 1.165) is 16.9 Å². The highest BCUT2D eigenvalue weighted by Gasteiger charge is 2.30. The van der Waals surface area contributed by atoms with E-state index in [4.69, 9.17) is 44.4 Å². The van der Waals surface area contributed by atoms with Gasteiger partial charge in [0.1, 0.15) is 10.8 Å². The predicted octanol–water partition coefficient (Wildman–Crippen LogP) is 5.03. The van der Waals surface area contributed by atoms with Gasteiger partial charge in [0.2, 0.25) is 6.10 Å². The van der Waals surface area contributed by atoms with Crippen LogP contribution in [0.1, 0.15) is 17.5 Å². The Kier molecular flexibility index (Phi) is 6.36. The van der Waals surface area contributed by atoms with Crippen molar-refractivity contribution in [1.29, 1.82) is 0 Å². The second kappa shape index (κ2) is 9.18. The molecule has 2 heterocycles. The van der Waals surface area contributed by atoms with Gasteiger partial charge in [-0.05, 0) is 47.5 Å². The molecule has 0 spiro atoms. The second-order valence-corrected chi connectivity index (χ2v) is 8.06.